The van der Waals surface area contributed by atoms with Gasteiger partial charge in [0, 0.05) is 18.6 Å². The molecule has 1 saturated carbocycles. The summed E-state index contributed by atoms with van der Waals surface area (Å²) in [7, 11) is 0. The van der Waals surface area contributed by atoms with E-state index >= 15 is 0 Å². The SMILES string of the molecule is CCCNC(CCN(CC)C1CC1)c1ccc(F)cc1. The van der Waals surface area contributed by atoms with Crippen LogP contribution in [0.25, 0.3) is 0 Å². The van der Waals surface area contributed by atoms with E-state index in [1.54, 1.807) is 12.1 Å². The van der Waals surface area contributed by atoms with Crippen LogP contribution in [-0.2, 0) is 0 Å². The van der Waals surface area contributed by atoms with E-state index in [-0.39, 0.29) is 5.82 Å². The third-order valence-electron chi connectivity index (χ3n) is 4.09. The quantitative estimate of drug-likeness (QED) is 0.740. The lowest BCUT2D eigenvalue weighted by Crippen LogP contribution is -2.31. The van der Waals surface area contributed by atoms with Crippen LogP contribution in [0.3, 0.4) is 0 Å². The van der Waals surface area contributed by atoms with Crippen molar-refractivity contribution in [1.29, 1.82) is 0 Å². The van der Waals surface area contributed by atoms with Crippen LogP contribution in [0, 0.1) is 5.82 Å². The Morgan fingerprint density at radius 3 is 2.50 bits per heavy atom. The largest absolute Gasteiger partial charge is 0.310 e. The number of rotatable bonds is 9. The smallest absolute Gasteiger partial charge is 0.123 e. The Bertz CT molecular complexity index is 386. The van der Waals surface area contributed by atoms with Gasteiger partial charge in [-0.05, 0) is 56.5 Å². The van der Waals surface area contributed by atoms with Crippen molar-refractivity contribution in [2.75, 3.05) is 19.6 Å². The first kappa shape index (κ1) is 15.5. The van der Waals surface area contributed by atoms with Crippen LogP contribution in [0.2, 0.25) is 0 Å². The van der Waals surface area contributed by atoms with Crippen molar-refractivity contribution in [2.45, 2.75) is 51.6 Å². The topological polar surface area (TPSA) is 15.3 Å². The van der Waals surface area contributed by atoms with Crippen LogP contribution < -0.4 is 5.32 Å². The monoisotopic (exact) mass is 278 g/mol. The molecule has 2 nitrogen and oxygen atoms in total. The lowest BCUT2D eigenvalue weighted by Gasteiger charge is -2.25. The van der Waals surface area contributed by atoms with Gasteiger partial charge in [-0.3, -0.25) is 0 Å². The fourth-order valence-corrected chi connectivity index (χ4v) is 2.73. The molecule has 20 heavy (non-hydrogen) atoms. The van der Waals surface area contributed by atoms with Gasteiger partial charge < -0.3 is 10.2 Å². The van der Waals surface area contributed by atoms with E-state index in [2.05, 4.69) is 24.1 Å². The molecule has 0 bridgehead atoms. The van der Waals surface area contributed by atoms with Crippen molar-refractivity contribution >= 4 is 0 Å². The van der Waals surface area contributed by atoms with E-state index in [4.69, 9.17) is 0 Å². The van der Waals surface area contributed by atoms with Crippen molar-refractivity contribution < 1.29 is 4.39 Å². The van der Waals surface area contributed by atoms with Crippen molar-refractivity contribution in [3.63, 3.8) is 0 Å². The lowest BCUT2D eigenvalue weighted by atomic mass is 10.0. The summed E-state index contributed by atoms with van der Waals surface area (Å²) in [6.45, 7) is 7.69. The molecule has 0 amide bonds. The maximum absolute atomic E-state index is 13.1. The third-order valence-corrected chi connectivity index (χ3v) is 4.09. The van der Waals surface area contributed by atoms with Crippen molar-refractivity contribution in [1.82, 2.24) is 10.2 Å². The molecular weight excluding hydrogens is 251 g/mol. The second-order valence-electron chi connectivity index (χ2n) is 5.71. The Morgan fingerprint density at radius 1 is 1.25 bits per heavy atom. The molecule has 1 aliphatic carbocycles. The van der Waals surface area contributed by atoms with E-state index in [1.807, 2.05) is 12.1 Å². The highest BCUT2D eigenvalue weighted by atomic mass is 19.1. The summed E-state index contributed by atoms with van der Waals surface area (Å²) in [5.74, 6) is -0.156. The number of hydrogen-bond acceptors (Lipinski definition) is 2. The van der Waals surface area contributed by atoms with E-state index in [0.29, 0.717) is 6.04 Å². The van der Waals surface area contributed by atoms with Gasteiger partial charge in [0.25, 0.3) is 0 Å². The molecule has 1 atom stereocenters. The summed E-state index contributed by atoms with van der Waals surface area (Å²) in [5, 5.41) is 3.59. The number of halogens is 1. The van der Waals surface area contributed by atoms with Crippen molar-refractivity contribution in [3.8, 4) is 0 Å². The van der Waals surface area contributed by atoms with Crippen LogP contribution in [-0.4, -0.2) is 30.6 Å². The third kappa shape index (κ3) is 4.57. The predicted molar refractivity (Wildman–Crippen MR) is 82.3 cm³/mol. The molecule has 1 fully saturated rings. The van der Waals surface area contributed by atoms with Crippen LogP contribution in [0.1, 0.15) is 51.1 Å². The Morgan fingerprint density at radius 2 is 1.95 bits per heavy atom. The van der Waals surface area contributed by atoms with E-state index < -0.39 is 0 Å². The molecule has 0 heterocycles. The van der Waals surface area contributed by atoms with Gasteiger partial charge in [-0.1, -0.05) is 26.0 Å². The van der Waals surface area contributed by atoms with Gasteiger partial charge in [0.1, 0.15) is 5.82 Å². The molecule has 1 aliphatic rings. The zero-order chi connectivity index (χ0) is 14.4. The first-order valence-corrected chi connectivity index (χ1v) is 7.97. The molecule has 1 unspecified atom stereocenters. The summed E-state index contributed by atoms with van der Waals surface area (Å²) >= 11 is 0. The molecule has 0 saturated heterocycles. The maximum Gasteiger partial charge on any atom is 0.123 e. The fourth-order valence-electron chi connectivity index (χ4n) is 2.73. The second kappa shape index (κ2) is 7.75. The minimum Gasteiger partial charge on any atom is -0.310 e. The summed E-state index contributed by atoms with van der Waals surface area (Å²) in [6, 6.07) is 8.11. The average molecular weight is 278 g/mol. The lowest BCUT2D eigenvalue weighted by molar-refractivity contribution is 0.259. The van der Waals surface area contributed by atoms with Gasteiger partial charge in [-0.2, -0.15) is 0 Å². The van der Waals surface area contributed by atoms with Gasteiger partial charge >= 0.3 is 0 Å². The van der Waals surface area contributed by atoms with Crippen LogP contribution in [0.15, 0.2) is 24.3 Å². The van der Waals surface area contributed by atoms with Crippen LogP contribution >= 0.6 is 0 Å². The van der Waals surface area contributed by atoms with Gasteiger partial charge in [0.15, 0.2) is 0 Å². The number of benzene rings is 1. The summed E-state index contributed by atoms with van der Waals surface area (Å²) in [4.78, 5) is 2.57. The van der Waals surface area contributed by atoms with Crippen molar-refractivity contribution in [2.24, 2.45) is 0 Å². The highest BCUT2D eigenvalue weighted by molar-refractivity contribution is 5.20. The summed E-state index contributed by atoms with van der Waals surface area (Å²) in [6.07, 6.45) is 4.93. The molecule has 1 aromatic rings. The molecule has 112 valence electrons. The number of hydrogen-bond donors (Lipinski definition) is 1. The highest BCUT2D eigenvalue weighted by Crippen LogP contribution is 2.28. The van der Waals surface area contributed by atoms with Gasteiger partial charge in [-0.25, -0.2) is 4.39 Å². The normalized spacial score (nSPS) is 16.6. The van der Waals surface area contributed by atoms with Crippen LogP contribution in [0.5, 0.6) is 0 Å². The Balaban J connectivity index is 1.93. The summed E-state index contributed by atoms with van der Waals surface area (Å²) < 4.78 is 13.1. The standard InChI is InChI=1S/C17H27FN2/c1-3-12-19-17(14-5-7-15(18)8-6-14)11-13-20(4-2)16-9-10-16/h5-8,16-17,19H,3-4,9-13H2,1-2H3. The van der Waals surface area contributed by atoms with E-state index in [9.17, 15) is 4.39 Å². The van der Waals surface area contributed by atoms with E-state index in [0.717, 1.165) is 38.5 Å². The van der Waals surface area contributed by atoms with Gasteiger partial charge in [-0.15, -0.1) is 0 Å². The maximum atomic E-state index is 13.1. The average Bonchev–Trinajstić information content (AvgIpc) is 3.29. The predicted octanol–water partition coefficient (Wildman–Crippen LogP) is 3.74. The van der Waals surface area contributed by atoms with Crippen LogP contribution in [0.4, 0.5) is 4.39 Å². The molecule has 2 rings (SSSR count). The molecule has 0 spiro atoms. The molecule has 0 aliphatic heterocycles. The first-order chi connectivity index (χ1) is 9.74. The second-order valence-corrected chi connectivity index (χ2v) is 5.71. The fraction of sp³-hybridized carbons (Fsp3) is 0.647. The van der Waals surface area contributed by atoms with E-state index in [1.165, 1.54) is 18.4 Å². The Hall–Kier alpha value is -0.930. The zero-order valence-electron chi connectivity index (χ0n) is 12.7. The number of nitrogens with zero attached hydrogens (tertiary/aromatic N) is 1. The zero-order valence-corrected chi connectivity index (χ0v) is 12.7. The molecule has 1 N–H and O–H groups in total. The number of nitrogens with one attached hydrogen (secondary N) is 1. The van der Waals surface area contributed by atoms with Crippen molar-refractivity contribution in [3.05, 3.63) is 35.6 Å². The Labute approximate surface area is 122 Å². The molecule has 0 radical (unpaired) electrons. The minimum atomic E-state index is -0.156. The first-order valence-electron chi connectivity index (χ1n) is 7.97. The molecule has 1 aromatic carbocycles. The Kier molecular flexibility index (Phi) is 5.99. The van der Waals surface area contributed by atoms with Gasteiger partial charge in [0.05, 0.1) is 0 Å². The minimum absolute atomic E-state index is 0.156. The molecule has 3 heteroatoms. The molecule has 0 aromatic heterocycles. The highest BCUT2D eigenvalue weighted by Gasteiger charge is 2.27. The van der Waals surface area contributed by atoms with Gasteiger partial charge in [0.2, 0.25) is 0 Å². The molecular formula is C17H27FN2. The summed E-state index contributed by atoms with van der Waals surface area (Å²) in [5.41, 5.74) is 1.20.